The van der Waals surface area contributed by atoms with Crippen LogP contribution in [-0.4, -0.2) is 39.8 Å². The van der Waals surface area contributed by atoms with Gasteiger partial charge in [-0.2, -0.15) is 0 Å². The predicted octanol–water partition coefficient (Wildman–Crippen LogP) is 1.82. The van der Waals surface area contributed by atoms with Crippen LogP contribution in [0.25, 0.3) is 0 Å². The van der Waals surface area contributed by atoms with Gasteiger partial charge in [-0.3, -0.25) is 4.79 Å². The zero-order chi connectivity index (χ0) is 17.6. The molecule has 9 heteroatoms. The summed E-state index contributed by atoms with van der Waals surface area (Å²) in [5.41, 5.74) is 6.17. The fourth-order valence-electron chi connectivity index (χ4n) is 3.29. The Bertz CT molecular complexity index is 533. The Labute approximate surface area is 167 Å². The zero-order valence-corrected chi connectivity index (χ0v) is 16.3. The molecule has 1 aromatic rings. The number of rotatable bonds is 10. The molecule has 1 aliphatic rings. The minimum atomic E-state index is -1.34. The van der Waals surface area contributed by atoms with Gasteiger partial charge in [0.2, 0.25) is 0 Å². The van der Waals surface area contributed by atoms with E-state index in [0.717, 1.165) is 19.4 Å². The van der Waals surface area contributed by atoms with Crippen LogP contribution < -0.4 is 11.1 Å². The van der Waals surface area contributed by atoms with E-state index in [1.165, 1.54) is 5.56 Å². The summed E-state index contributed by atoms with van der Waals surface area (Å²) in [7, 11) is -1.34. The number of nitrogens with one attached hydrogen (secondary N) is 1. The third kappa shape index (κ3) is 7.06. The molecule has 0 spiro atoms. The summed E-state index contributed by atoms with van der Waals surface area (Å²) in [5.74, 6) is -0.999. The first-order chi connectivity index (χ1) is 11.4. The summed E-state index contributed by atoms with van der Waals surface area (Å²) in [6, 6.07) is 10.4. The largest absolute Gasteiger partial charge is 0.480 e. The quantitative estimate of drug-likeness (QED) is 0.299. The van der Waals surface area contributed by atoms with E-state index in [0.29, 0.717) is 25.3 Å². The van der Waals surface area contributed by atoms with Gasteiger partial charge in [0.05, 0.1) is 0 Å². The molecule has 0 aromatic heterocycles. The monoisotopic (exact) mass is 406 g/mol. The van der Waals surface area contributed by atoms with Crippen molar-refractivity contribution in [2.75, 3.05) is 0 Å². The number of carboxylic acids is 1. The first-order valence-electron chi connectivity index (χ1n) is 8.57. The van der Waals surface area contributed by atoms with Gasteiger partial charge in [0.15, 0.2) is 0 Å². The second-order valence-electron chi connectivity index (χ2n) is 6.80. The highest BCUT2D eigenvalue weighted by molar-refractivity contribution is 6.40. The van der Waals surface area contributed by atoms with Crippen LogP contribution in [0.3, 0.4) is 0 Å². The fraction of sp³-hybridized carbons (Fsp3) is 0.588. The normalized spacial score (nSPS) is 20.7. The Morgan fingerprint density at radius 1 is 1.19 bits per heavy atom. The van der Waals surface area contributed by atoms with E-state index in [-0.39, 0.29) is 37.1 Å². The number of hydrogen-bond acceptors (Lipinski definition) is 5. The van der Waals surface area contributed by atoms with Crippen molar-refractivity contribution in [2.45, 2.75) is 56.5 Å². The molecule has 0 radical (unpaired) electrons. The van der Waals surface area contributed by atoms with E-state index in [4.69, 9.17) is 15.8 Å². The zero-order valence-electron chi connectivity index (χ0n) is 14.7. The van der Waals surface area contributed by atoms with Crippen LogP contribution in [0.2, 0.25) is 6.32 Å². The molecule has 0 bridgehead atoms. The van der Waals surface area contributed by atoms with Gasteiger partial charge in [0, 0.05) is 12.6 Å². The molecule has 2 rings (SSSR count). The lowest BCUT2D eigenvalue weighted by atomic mass is 9.66. The van der Waals surface area contributed by atoms with Gasteiger partial charge in [-0.15, -0.1) is 24.8 Å². The molecule has 148 valence electrons. The highest BCUT2D eigenvalue weighted by atomic mass is 35.5. The maximum absolute atomic E-state index is 11.6. The lowest BCUT2D eigenvalue weighted by molar-refractivity contribution is -0.148. The van der Waals surface area contributed by atoms with Gasteiger partial charge in [-0.1, -0.05) is 43.2 Å². The molecule has 1 aliphatic carbocycles. The number of carbonyl (C=O) groups is 1. The number of halogens is 2. The van der Waals surface area contributed by atoms with Crippen LogP contribution in [0.5, 0.6) is 0 Å². The Hall–Kier alpha value is -0.825. The van der Waals surface area contributed by atoms with Gasteiger partial charge in [-0.05, 0) is 37.1 Å². The molecule has 26 heavy (non-hydrogen) atoms. The summed E-state index contributed by atoms with van der Waals surface area (Å²) in [6.07, 6.45) is 3.29. The maximum Gasteiger partial charge on any atom is 0.451 e. The van der Waals surface area contributed by atoms with Crippen molar-refractivity contribution in [3.05, 3.63) is 35.9 Å². The van der Waals surface area contributed by atoms with Crippen LogP contribution >= 0.6 is 24.8 Å². The first kappa shape index (κ1) is 25.2. The number of nitrogens with two attached hydrogens (primary N) is 1. The highest BCUT2D eigenvalue weighted by Crippen LogP contribution is 2.38. The van der Waals surface area contributed by atoms with E-state index >= 15 is 0 Å². The molecular weight excluding hydrogens is 378 g/mol. The van der Waals surface area contributed by atoms with Crippen LogP contribution in [-0.2, 0) is 11.3 Å². The summed E-state index contributed by atoms with van der Waals surface area (Å²) in [4.78, 5) is 11.6. The van der Waals surface area contributed by atoms with Crippen molar-refractivity contribution in [3.8, 4) is 0 Å². The van der Waals surface area contributed by atoms with Gasteiger partial charge in [-0.25, -0.2) is 0 Å². The van der Waals surface area contributed by atoms with Crippen molar-refractivity contribution in [3.63, 3.8) is 0 Å². The molecule has 1 saturated carbocycles. The van der Waals surface area contributed by atoms with Crippen molar-refractivity contribution in [1.82, 2.24) is 5.32 Å². The van der Waals surface area contributed by atoms with Crippen LogP contribution in [0.15, 0.2) is 30.3 Å². The lowest BCUT2D eigenvalue weighted by Gasteiger charge is -2.45. The molecule has 0 amide bonds. The van der Waals surface area contributed by atoms with E-state index in [1.54, 1.807) is 0 Å². The van der Waals surface area contributed by atoms with Crippen molar-refractivity contribution >= 4 is 37.9 Å². The van der Waals surface area contributed by atoms with Gasteiger partial charge in [0.1, 0.15) is 5.54 Å². The molecular formula is C17H29BCl2N2O4. The Morgan fingerprint density at radius 2 is 1.81 bits per heavy atom. The van der Waals surface area contributed by atoms with E-state index in [9.17, 15) is 9.90 Å². The van der Waals surface area contributed by atoms with E-state index in [2.05, 4.69) is 17.4 Å². The standard InChI is InChI=1S/C17H27BN2O4.2ClH/c19-17(16(21)22,8-4-5-9-18(23)24)14-10-15(11-14)20-12-13-6-2-1-3-7-13;;/h1-3,6-7,14-15,20,23-24H,4-5,8-12,19H2,(H,21,22);2*1H/t14-,15+,17?;;. The Morgan fingerprint density at radius 3 is 2.35 bits per heavy atom. The number of benzene rings is 1. The number of hydrogen-bond donors (Lipinski definition) is 5. The minimum absolute atomic E-state index is 0. The Balaban J connectivity index is 0.00000312. The highest BCUT2D eigenvalue weighted by Gasteiger charge is 2.47. The summed E-state index contributed by atoms with van der Waals surface area (Å²) in [6.45, 7) is 0.775. The third-order valence-electron chi connectivity index (χ3n) is 5.01. The summed E-state index contributed by atoms with van der Waals surface area (Å²) < 4.78 is 0. The van der Waals surface area contributed by atoms with Gasteiger partial charge >= 0.3 is 13.1 Å². The van der Waals surface area contributed by atoms with E-state index in [1.807, 2.05) is 18.2 Å². The van der Waals surface area contributed by atoms with Crippen molar-refractivity contribution in [1.29, 1.82) is 0 Å². The molecule has 6 nitrogen and oxygen atoms in total. The Kier molecular flexibility index (Phi) is 11.4. The van der Waals surface area contributed by atoms with Crippen LogP contribution in [0, 0.1) is 5.92 Å². The summed E-state index contributed by atoms with van der Waals surface area (Å²) >= 11 is 0. The molecule has 0 saturated heterocycles. The van der Waals surface area contributed by atoms with Crippen LogP contribution in [0.1, 0.15) is 37.7 Å². The molecule has 0 heterocycles. The predicted molar refractivity (Wildman–Crippen MR) is 108 cm³/mol. The lowest BCUT2D eigenvalue weighted by Crippen LogP contribution is -2.61. The maximum atomic E-state index is 11.6. The van der Waals surface area contributed by atoms with E-state index < -0.39 is 18.6 Å². The minimum Gasteiger partial charge on any atom is -0.480 e. The van der Waals surface area contributed by atoms with Gasteiger partial charge < -0.3 is 26.2 Å². The number of carboxylic acid groups (broad SMARTS) is 1. The second kappa shape index (κ2) is 11.8. The summed E-state index contributed by atoms with van der Waals surface area (Å²) in [5, 5.41) is 30.7. The third-order valence-corrected chi connectivity index (χ3v) is 5.01. The average Bonchev–Trinajstić information content (AvgIpc) is 2.50. The smallest absolute Gasteiger partial charge is 0.451 e. The SMILES string of the molecule is Cl.Cl.NC(CCCCB(O)O)(C(=O)O)[C@H]1C[C@@H](NCc2ccccc2)C1. The molecule has 1 fully saturated rings. The topological polar surface area (TPSA) is 116 Å². The van der Waals surface area contributed by atoms with Crippen molar-refractivity contribution < 1.29 is 19.9 Å². The molecule has 1 unspecified atom stereocenters. The van der Waals surface area contributed by atoms with Crippen molar-refractivity contribution in [2.24, 2.45) is 11.7 Å². The number of aliphatic carboxylic acids is 1. The first-order valence-corrected chi connectivity index (χ1v) is 8.57. The molecule has 1 atom stereocenters. The number of unbranched alkanes of at least 4 members (excludes halogenated alkanes) is 1. The molecule has 0 aliphatic heterocycles. The molecule has 6 N–H and O–H groups in total. The second-order valence-corrected chi connectivity index (χ2v) is 6.80. The molecule has 1 aromatic carbocycles. The fourth-order valence-corrected chi connectivity index (χ4v) is 3.29. The van der Waals surface area contributed by atoms with Crippen LogP contribution in [0.4, 0.5) is 0 Å². The average molecular weight is 407 g/mol. The van der Waals surface area contributed by atoms with Gasteiger partial charge in [0.25, 0.3) is 0 Å².